The van der Waals surface area contributed by atoms with Crippen LogP contribution in [0.1, 0.15) is 5.56 Å². The summed E-state index contributed by atoms with van der Waals surface area (Å²) in [6, 6.07) is 17.2. The Bertz CT molecular complexity index is 653. The number of nitrogens with zero attached hydrogens (tertiary/aromatic N) is 2. The van der Waals surface area contributed by atoms with Crippen molar-refractivity contribution in [3.05, 3.63) is 54.1 Å². The summed E-state index contributed by atoms with van der Waals surface area (Å²) in [6.45, 7) is 3.89. The molecule has 1 fully saturated rings. The number of aryl methyl sites for hydroxylation is 1. The van der Waals surface area contributed by atoms with Crippen LogP contribution >= 0.6 is 0 Å². The van der Waals surface area contributed by atoms with E-state index >= 15 is 0 Å². The summed E-state index contributed by atoms with van der Waals surface area (Å²) in [6.07, 6.45) is 1.89. The van der Waals surface area contributed by atoms with E-state index in [2.05, 4.69) is 58.3 Å². The van der Waals surface area contributed by atoms with Gasteiger partial charge in [-0.2, -0.15) is 0 Å². The quantitative estimate of drug-likeness (QED) is 0.855. The van der Waals surface area contributed by atoms with E-state index < -0.39 is 0 Å². The molecule has 0 unspecified atom stereocenters. The molecule has 0 aromatic heterocycles. The summed E-state index contributed by atoms with van der Waals surface area (Å²) in [4.78, 5) is 4.88. The van der Waals surface area contributed by atoms with Crippen molar-refractivity contribution in [3.8, 4) is 0 Å². The summed E-state index contributed by atoms with van der Waals surface area (Å²) >= 11 is 0. The molecule has 1 saturated heterocycles. The Morgan fingerprint density at radius 3 is 2.23 bits per heavy atom. The molecule has 4 rings (SSSR count). The van der Waals surface area contributed by atoms with Crippen LogP contribution in [0.5, 0.6) is 0 Å². The minimum atomic E-state index is -0.263. The first-order chi connectivity index (χ1) is 10.8. The molecule has 2 aliphatic heterocycles. The highest BCUT2D eigenvalue weighted by molar-refractivity contribution is 6.68. The van der Waals surface area contributed by atoms with Crippen LogP contribution in [-0.2, 0) is 6.42 Å². The maximum atomic E-state index is 10.1. The molecular formula is C18H21BN2O. The first-order valence-corrected chi connectivity index (χ1v) is 8.17. The van der Waals surface area contributed by atoms with Crippen LogP contribution < -0.4 is 15.3 Å². The van der Waals surface area contributed by atoms with E-state index in [9.17, 15) is 5.02 Å². The highest BCUT2D eigenvalue weighted by atomic mass is 16.2. The van der Waals surface area contributed by atoms with Crippen molar-refractivity contribution in [3.63, 3.8) is 0 Å². The maximum Gasteiger partial charge on any atom is 0.324 e. The molecule has 3 nitrogen and oxygen atoms in total. The highest BCUT2D eigenvalue weighted by Gasteiger charge is 2.26. The van der Waals surface area contributed by atoms with Gasteiger partial charge in [0, 0.05) is 37.6 Å². The SMILES string of the molecule is OB1CCc2ccc(N3CCN(c4ccccc4)CC3)cc21. The van der Waals surface area contributed by atoms with Crippen LogP contribution in [0.25, 0.3) is 0 Å². The smallest absolute Gasteiger partial charge is 0.324 e. The second-order valence-corrected chi connectivity index (χ2v) is 6.25. The molecule has 2 aliphatic rings. The number of benzene rings is 2. The van der Waals surface area contributed by atoms with E-state index in [0.29, 0.717) is 0 Å². The standard InChI is InChI=1S/C18H21BN2O/c22-19-9-8-15-6-7-17(14-18(15)19)21-12-10-20(11-13-21)16-4-2-1-3-5-16/h1-7,14,22H,8-13H2. The maximum absolute atomic E-state index is 10.1. The topological polar surface area (TPSA) is 26.7 Å². The molecule has 1 N–H and O–H groups in total. The van der Waals surface area contributed by atoms with Gasteiger partial charge >= 0.3 is 6.92 Å². The molecule has 0 radical (unpaired) electrons. The van der Waals surface area contributed by atoms with Gasteiger partial charge in [0.25, 0.3) is 0 Å². The summed E-state index contributed by atoms with van der Waals surface area (Å²) < 4.78 is 0. The second-order valence-electron chi connectivity index (χ2n) is 6.25. The fraction of sp³-hybridized carbons (Fsp3) is 0.333. The van der Waals surface area contributed by atoms with Gasteiger partial charge in [0.2, 0.25) is 0 Å². The number of hydrogen-bond donors (Lipinski definition) is 1. The van der Waals surface area contributed by atoms with Crippen LogP contribution in [-0.4, -0.2) is 38.1 Å². The van der Waals surface area contributed by atoms with E-state index in [1.54, 1.807) is 0 Å². The number of fused-ring (bicyclic) bond motifs is 1. The lowest BCUT2D eigenvalue weighted by atomic mass is 9.63. The van der Waals surface area contributed by atoms with Gasteiger partial charge in [0.05, 0.1) is 0 Å². The van der Waals surface area contributed by atoms with Crippen LogP contribution in [0.3, 0.4) is 0 Å². The van der Waals surface area contributed by atoms with Crippen LogP contribution in [0, 0.1) is 0 Å². The number of para-hydroxylation sites is 1. The van der Waals surface area contributed by atoms with Crippen molar-refractivity contribution in [1.29, 1.82) is 0 Å². The molecule has 112 valence electrons. The number of anilines is 2. The third kappa shape index (κ3) is 2.48. The van der Waals surface area contributed by atoms with Crippen molar-refractivity contribution in [1.82, 2.24) is 0 Å². The van der Waals surface area contributed by atoms with E-state index in [1.807, 2.05) is 0 Å². The van der Waals surface area contributed by atoms with Crippen molar-refractivity contribution in [2.24, 2.45) is 0 Å². The van der Waals surface area contributed by atoms with Crippen molar-refractivity contribution in [2.45, 2.75) is 12.7 Å². The number of rotatable bonds is 2. The zero-order valence-electron chi connectivity index (χ0n) is 12.8. The molecule has 0 amide bonds. The van der Waals surface area contributed by atoms with E-state index in [4.69, 9.17) is 0 Å². The predicted molar refractivity (Wildman–Crippen MR) is 93.4 cm³/mol. The minimum Gasteiger partial charge on any atom is -0.446 e. The normalized spacial score (nSPS) is 17.8. The van der Waals surface area contributed by atoms with Gasteiger partial charge in [-0.15, -0.1) is 0 Å². The second kappa shape index (κ2) is 5.69. The molecule has 0 bridgehead atoms. The Morgan fingerprint density at radius 2 is 1.50 bits per heavy atom. The molecule has 0 aliphatic carbocycles. The molecule has 0 atom stereocenters. The number of piperazine rings is 1. The highest BCUT2D eigenvalue weighted by Crippen LogP contribution is 2.22. The van der Waals surface area contributed by atoms with Gasteiger partial charge in [-0.1, -0.05) is 29.8 Å². The molecule has 4 heteroatoms. The molecule has 2 aromatic rings. The van der Waals surface area contributed by atoms with Gasteiger partial charge in [-0.3, -0.25) is 0 Å². The lowest BCUT2D eigenvalue weighted by Crippen LogP contribution is -2.46. The zero-order valence-corrected chi connectivity index (χ0v) is 12.8. The Kier molecular flexibility index (Phi) is 3.55. The monoisotopic (exact) mass is 292 g/mol. The van der Waals surface area contributed by atoms with E-state index in [1.165, 1.54) is 16.9 Å². The summed E-state index contributed by atoms with van der Waals surface area (Å²) in [5, 5.41) is 10.1. The van der Waals surface area contributed by atoms with Gasteiger partial charge in [-0.25, -0.2) is 0 Å². The molecule has 2 heterocycles. The third-order valence-electron chi connectivity index (χ3n) is 4.94. The minimum absolute atomic E-state index is 0.263. The Hall–Kier alpha value is -1.94. The first-order valence-electron chi connectivity index (χ1n) is 8.17. The Morgan fingerprint density at radius 1 is 0.818 bits per heavy atom. The van der Waals surface area contributed by atoms with Crippen LogP contribution in [0.4, 0.5) is 11.4 Å². The third-order valence-corrected chi connectivity index (χ3v) is 4.94. The summed E-state index contributed by atoms with van der Waals surface area (Å²) in [7, 11) is 0. The Balaban J connectivity index is 1.47. The van der Waals surface area contributed by atoms with Gasteiger partial charge in [-0.05, 0) is 42.5 Å². The van der Waals surface area contributed by atoms with Gasteiger partial charge in [0.1, 0.15) is 0 Å². The van der Waals surface area contributed by atoms with Gasteiger partial charge < -0.3 is 14.8 Å². The lowest BCUT2D eigenvalue weighted by molar-refractivity contribution is 0.587. The van der Waals surface area contributed by atoms with Crippen molar-refractivity contribution >= 4 is 23.8 Å². The van der Waals surface area contributed by atoms with E-state index in [-0.39, 0.29) is 6.92 Å². The fourth-order valence-corrected chi connectivity index (χ4v) is 3.63. The Labute approximate surface area is 132 Å². The average molecular weight is 292 g/mol. The summed E-state index contributed by atoms with van der Waals surface area (Å²) in [5.74, 6) is 0. The zero-order chi connectivity index (χ0) is 14.9. The predicted octanol–water partition coefficient (Wildman–Crippen LogP) is 1.76. The first kappa shape index (κ1) is 13.7. The molecular weight excluding hydrogens is 271 g/mol. The van der Waals surface area contributed by atoms with Crippen LogP contribution in [0.15, 0.2) is 48.5 Å². The fourth-order valence-electron chi connectivity index (χ4n) is 3.63. The van der Waals surface area contributed by atoms with Crippen LogP contribution in [0.2, 0.25) is 6.32 Å². The summed E-state index contributed by atoms with van der Waals surface area (Å²) in [5.41, 5.74) is 5.03. The molecule has 2 aromatic carbocycles. The van der Waals surface area contributed by atoms with Crippen molar-refractivity contribution in [2.75, 3.05) is 36.0 Å². The molecule has 22 heavy (non-hydrogen) atoms. The van der Waals surface area contributed by atoms with Gasteiger partial charge in [0.15, 0.2) is 0 Å². The average Bonchev–Trinajstić information content (AvgIpc) is 2.96. The largest absolute Gasteiger partial charge is 0.446 e. The van der Waals surface area contributed by atoms with E-state index in [0.717, 1.165) is 44.4 Å². The lowest BCUT2D eigenvalue weighted by Gasteiger charge is -2.37. The van der Waals surface area contributed by atoms with Crippen molar-refractivity contribution < 1.29 is 5.02 Å². The molecule has 0 spiro atoms. The number of hydrogen-bond acceptors (Lipinski definition) is 3. The molecule has 0 saturated carbocycles.